The molecule has 0 amide bonds. The van der Waals surface area contributed by atoms with Crippen molar-refractivity contribution in [1.29, 1.82) is 0 Å². The molecule has 4 rings (SSSR count). The van der Waals surface area contributed by atoms with Crippen molar-refractivity contribution >= 4 is 5.78 Å². The number of hydrogen-bond acceptors (Lipinski definition) is 4. The van der Waals surface area contributed by atoms with E-state index in [0.29, 0.717) is 12.2 Å². The van der Waals surface area contributed by atoms with E-state index in [9.17, 15) is 4.79 Å². The molecule has 2 aliphatic heterocycles. The highest BCUT2D eigenvalue weighted by Crippen LogP contribution is 2.47. The number of rotatable bonds is 5. The van der Waals surface area contributed by atoms with E-state index in [1.54, 1.807) is 7.11 Å². The Bertz CT molecular complexity index is 860. The molecule has 0 spiro atoms. The van der Waals surface area contributed by atoms with Gasteiger partial charge in [-0.2, -0.15) is 0 Å². The summed E-state index contributed by atoms with van der Waals surface area (Å²) in [5, 5.41) is 0. The SMILES string of the molecule is CCc1ccc(C(=O)C[C@H]2c3c(cc4c(c3OC)OCO4)CC[NH+]2C)cc1. The van der Waals surface area contributed by atoms with Crippen molar-refractivity contribution in [2.75, 3.05) is 27.5 Å². The van der Waals surface area contributed by atoms with E-state index in [1.165, 1.54) is 16.0 Å². The summed E-state index contributed by atoms with van der Waals surface area (Å²) >= 11 is 0. The zero-order chi connectivity index (χ0) is 19.0. The average molecular weight is 368 g/mol. The molecular weight excluding hydrogens is 342 g/mol. The Hall–Kier alpha value is -2.53. The number of aryl methyl sites for hydroxylation is 1. The first-order valence-corrected chi connectivity index (χ1v) is 9.56. The third-order valence-electron chi connectivity index (χ3n) is 5.75. The molecule has 0 fully saturated rings. The van der Waals surface area contributed by atoms with Crippen LogP contribution in [0.25, 0.3) is 0 Å². The normalized spacial score (nSPS) is 20.3. The lowest BCUT2D eigenvalue weighted by Crippen LogP contribution is -3.10. The van der Waals surface area contributed by atoms with Crippen LogP contribution in [0.4, 0.5) is 0 Å². The van der Waals surface area contributed by atoms with Crippen LogP contribution in [-0.2, 0) is 12.8 Å². The van der Waals surface area contributed by atoms with Crippen molar-refractivity contribution in [1.82, 2.24) is 0 Å². The number of quaternary nitrogens is 1. The number of nitrogens with one attached hydrogen (secondary N) is 1. The summed E-state index contributed by atoms with van der Waals surface area (Å²) < 4.78 is 16.9. The molecule has 2 heterocycles. The Labute approximate surface area is 159 Å². The number of methoxy groups -OCH3 is 1. The van der Waals surface area contributed by atoms with Gasteiger partial charge in [-0.15, -0.1) is 0 Å². The van der Waals surface area contributed by atoms with Crippen molar-refractivity contribution in [3.05, 3.63) is 52.6 Å². The lowest BCUT2D eigenvalue weighted by Gasteiger charge is -2.32. The quantitative estimate of drug-likeness (QED) is 0.824. The maximum atomic E-state index is 13.0. The molecule has 0 radical (unpaired) electrons. The highest BCUT2D eigenvalue weighted by atomic mass is 16.7. The fraction of sp³-hybridized carbons (Fsp3) is 0.409. The Balaban J connectivity index is 1.68. The highest BCUT2D eigenvalue weighted by Gasteiger charge is 2.37. The van der Waals surface area contributed by atoms with Crippen LogP contribution in [0.2, 0.25) is 0 Å². The van der Waals surface area contributed by atoms with Gasteiger partial charge in [-0.3, -0.25) is 4.79 Å². The fourth-order valence-corrected chi connectivity index (χ4v) is 4.13. The fourth-order valence-electron chi connectivity index (χ4n) is 4.13. The van der Waals surface area contributed by atoms with Crippen LogP contribution in [0.5, 0.6) is 17.2 Å². The molecule has 0 aliphatic carbocycles. The Morgan fingerprint density at radius 2 is 2.04 bits per heavy atom. The zero-order valence-corrected chi connectivity index (χ0v) is 16.1. The monoisotopic (exact) mass is 368 g/mol. The van der Waals surface area contributed by atoms with Crippen molar-refractivity contribution in [3.63, 3.8) is 0 Å². The lowest BCUT2D eigenvalue weighted by molar-refractivity contribution is -0.913. The first-order chi connectivity index (χ1) is 13.1. The van der Waals surface area contributed by atoms with Crippen molar-refractivity contribution in [2.45, 2.75) is 32.2 Å². The molecule has 1 N–H and O–H groups in total. The number of hydrogen-bond donors (Lipinski definition) is 1. The van der Waals surface area contributed by atoms with Gasteiger partial charge < -0.3 is 19.1 Å². The van der Waals surface area contributed by atoms with E-state index in [2.05, 4.69) is 20.0 Å². The maximum absolute atomic E-state index is 13.0. The third kappa shape index (κ3) is 3.16. The van der Waals surface area contributed by atoms with Crippen LogP contribution in [0.1, 0.15) is 46.4 Å². The molecule has 2 aliphatic rings. The number of Topliss-reactive ketones (excluding diaryl/α,β-unsaturated/α-hetero) is 1. The minimum absolute atomic E-state index is 0.0385. The summed E-state index contributed by atoms with van der Waals surface area (Å²) in [6.45, 7) is 3.30. The van der Waals surface area contributed by atoms with E-state index in [-0.39, 0.29) is 18.6 Å². The minimum atomic E-state index is 0.0385. The predicted molar refractivity (Wildman–Crippen MR) is 102 cm³/mol. The molecule has 5 heteroatoms. The van der Waals surface area contributed by atoms with E-state index >= 15 is 0 Å². The second-order valence-corrected chi connectivity index (χ2v) is 7.29. The zero-order valence-electron chi connectivity index (χ0n) is 16.1. The summed E-state index contributed by atoms with van der Waals surface area (Å²) in [6, 6.07) is 10.1. The van der Waals surface area contributed by atoms with Crippen molar-refractivity contribution in [3.8, 4) is 17.2 Å². The Morgan fingerprint density at radius 3 is 2.74 bits per heavy atom. The molecule has 0 saturated carbocycles. The average Bonchev–Trinajstić information content (AvgIpc) is 3.16. The minimum Gasteiger partial charge on any atom is -0.492 e. The number of carbonyl (C=O) groups excluding carboxylic acids is 1. The molecular formula is C22H26NO4+. The molecule has 142 valence electrons. The van der Waals surface area contributed by atoms with Crippen LogP contribution < -0.4 is 19.1 Å². The van der Waals surface area contributed by atoms with Gasteiger partial charge in [0.15, 0.2) is 17.3 Å². The highest BCUT2D eigenvalue weighted by molar-refractivity contribution is 5.96. The van der Waals surface area contributed by atoms with Gasteiger partial charge in [0, 0.05) is 12.0 Å². The molecule has 2 aromatic carbocycles. The first-order valence-electron chi connectivity index (χ1n) is 9.56. The van der Waals surface area contributed by atoms with Gasteiger partial charge in [0.05, 0.1) is 32.7 Å². The largest absolute Gasteiger partial charge is 0.492 e. The van der Waals surface area contributed by atoms with E-state index in [1.807, 2.05) is 24.3 Å². The second-order valence-electron chi connectivity index (χ2n) is 7.29. The van der Waals surface area contributed by atoms with E-state index in [4.69, 9.17) is 14.2 Å². The van der Waals surface area contributed by atoms with Crippen molar-refractivity contribution < 1.29 is 23.9 Å². The summed E-state index contributed by atoms with van der Waals surface area (Å²) in [6.07, 6.45) is 2.35. The lowest BCUT2D eigenvalue weighted by atomic mass is 9.87. The molecule has 2 aromatic rings. The number of benzene rings is 2. The number of ether oxygens (including phenoxy) is 3. The molecule has 2 atom stereocenters. The first kappa shape index (κ1) is 17.9. The number of fused-ring (bicyclic) bond motifs is 2. The van der Waals surface area contributed by atoms with Gasteiger partial charge in [0.1, 0.15) is 6.04 Å². The molecule has 0 aromatic heterocycles. The maximum Gasteiger partial charge on any atom is 0.231 e. The summed E-state index contributed by atoms with van der Waals surface area (Å²) in [4.78, 5) is 14.3. The van der Waals surface area contributed by atoms with Gasteiger partial charge in [-0.25, -0.2) is 0 Å². The Kier molecular flexibility index (Phi) is 4.79. The van der Waals surface area contributed by atoms with Gasteiger partial charge >= 0.3 is 0 Å². The molecule has 0 bridgehead atoms. The second kappa shape index (κ2) is 7.24. The van der Waals surface area contributed by atoms with Gasteiger partial charge in [-0.05, 0) is 23.6 Å². The van der Waals surface area contributed by atoms with Gasteiger partial charge in [-0.1, -0.05) is 31.2 Å². The van der Waals surface area contributed by atoms with Crippen molar-refractivity contribution in [2.24, 2.45) is 0 Å². The smallest absolute Gasteiger partial charge is 0.231 e. The molecule has 27 heavy (non-hydrogen) atoms. The molecule has 0 saturated heterocycles. The van der Waals surface area contributed by atoms with Crippen LogP contribution in [0.15, 0.2) is 30.3 Å². The molecule has 5 nitrogen and oxygen atoms in total. The van der Waals surface area contributed by atoms with Crippen LogP contribution in [0, 0.1) is 0 Å². The number of ketones is 1. The van der Waals surface area contributed by atoms with Gasteiger partial charge in [0.2, 0.25) is 12.5 Å². The summed E-state index contributed by atoms with van der Waals surface area (Å²) in [7, 11) is 3.80. The topological polar surface area (TPSA) is 49.2 Å². The third-order valence-corrected chi connectivity index (χ3v) is 5.75. The number of likely N-dealkylation sites (N-methyl/N-ethyl adjacent to an activating group) is 1. The summed E-state index contributed by atoms with van der Waals surface area (Å²) in [5.74, 6) is 2.29. The number of carbonyl (C=O) groups is 1. The molecule has 1 unspecified atom stereocenters. The predicted octanol–water partition coefficient (Wildman–Crippen LogP) is 2.37. The van der Waals surface area contributed by atoms with Crippen LogP contribution in [0.3, 0.4) is 0 Å². The summed E-state index contributed by atoms with van der Waals surface area (Å²) in [5.41, 5.74) is 4.29. The van der Waals surface area contributed by atoms with E-state index in [0.717, 1.165) is 42.0 Å². The Morgan fingerprint density at radius 1 is 1.26 bits per heavy atom. The van der Waals surface area contributed by atoms with Crippen LogP contribution >= 0.6 is 0 Å². The van der Waals surface area contributed by atoms with Crippen LogP contribution in [-0.4, -0.2) is 33.3 Å². The van der Waals surface area contributed by atoms with Gasteiger partial charge in [0.25, 0.3) is 0 Å². The van der Waals surface area contributed by atoms with E-state index < -0.39 is 0 Å². The standard InChI is InChI=1S/C22H25NO4/c1-4-14-5-7-15(8-6-14)18(24)12-17-20-16(9-10-23(17)2)11-19-21(22(20)25-3)27-13-26-19/h5-8,11,17H,4,9-10,12-13H2,1-3H3/p+1/t17-/m0/s1.